The molecule has 2 aromatic heterocycles. The lowest BCUT2D eigenvalue weighted by Crippen LogP contribution is -1.97. The van der Waals surface area contributed by atoms with Gasteiger partial charge in [0.05, 0.1) is 0 Å². The van der Waals surface area contributed by atoms with Crippen molar-refractivity contribution >= 4 is 33.8 Å². The number of hydrogen-bond acceptors (Lipinski definition) is 4. The molecule has 13 heavy (non-hydrogen) atoms. The van der Waals surface area contributed by atoms with Gasteiger partial charge in [0, 0.05) is 4.47 Å². The molecule has 0 aliphatic heterocycles. The fraction of sp³-hybridized carbons (Fsp3) is 0. The van der Waals surface area contributed by atoms with Crippen molar-refractivity contribution in [1.82, 2.24) is 14.6 Å². The van der Waals surface area contributed by atoms with E-state index in [0.29, 0.717) is 17.6 Å². The number of aldehydes is 1. The summed E-state index contributed by atoms with van der Waals surface area (Å²) < 4.78 is 2.17. The number of hydrogen-bond donors (Lipinski definition) is 1. The number of aromatic nitrogens is 3. The van der Waals surface area contributed by atoms with Crippen LogP contribution in [0.15, 0.2) is 16.6 Å². The van der Waals surface area contributed by atoms with E-state index in [4.69, 9.17) is 5.73 Å². The summed E-state index contributed by atoms with van der Waals surface area (Å²) in [5.74, 6) is 0.154. The van der Waals surface area contributed by atoms with Crippen LogP contribution < -0.4 is 5.73 Å². The van der Waals surface area contributed by atoms with E-state index in [0.717, 1.165) is 4.47 Å². The molecule has 0 aliphatic rings. The Morgan fingerprint density at radius 3 is 3.00 bits per heavy atom. The van der Waals surface area contributed by atoms with E-state index < -0.39 is 0 Å². The number of carbonyl (C=O) groups is 1. The molecule has 0 saturated heterocycles. The van der Waals surface area contributed by atoms with E-state index in [-0.39, 0.29) is 5.95 Å². The number of nitrogens with zero attached hydrogens (tertiary/aromatic N) is 3. The second-order valence-electron chi connectivity index (χ2n) is 2.46. The fourth-order valence-corrected chi connectivity index (χ4v) is 1.51. The maximum absolute atomic E-state index is 10.6. The van der Waals surface area contributed by atoms with Gasteiger partial charge in [0.15, 0.2) is 11.9 Å². The Hall–Kier alpha value is -1.43. The first-order chi connectivity index (χ1) is 6.20. The molecule has 0 spiro atoms. The van der Waals surface area contributed by atoms with Gasteiger partial charge in [0.25, 0.3) is 0 Å². The van der Waals surface area contributed by atoms with Crippen LogP contribution in [0.3, 0.4) is 0 Å². The van der Waals surface area contributed by atoms with Crippen LogP contribution in [0.4, 0.5) is 5.95 Å². The van der Waals surface area contributed by atoms with Crippen LogP contribution in [0, 0.1) is 0 Å². The molecule has 0 saturated carbocycles. The van der Waals surface area contributed by atoms with Crippen molar-refractivity contribution < 1.29 is 4.79 Å². The summed E-state index contributed by atoms with van der Waals surface area (Å²) in [5.41, 5.74) is 6.35. The number of carbonyl (C=O) groups excluding carboxylic acids is 1. The summed E-state index contributed by atoms with van der Waals surface area (Å²) in [7, 11) is 0. The van der Waals surface area contributed by atoms with Gasteiger partial charge < -0.3 is 5.73 Å². The van der Waals surface area contributed by atoms with E-state index in [9.17, 15) is 4.79 Å². The SMILES string of the molecule is Nc1nc2cc(Br)cc(C=O)n2n1. The Bertz CT molecular complexity index is 479. The molecule has 0 unspecified atom stereocenters. The second kappa shape index (κ2) is 2.81. The smallest absolute Gasteiger partial charge is 0.240 e. The van der Waals surface area contributed by atoms with E-state index in [1.807, 2.05) is 0 Å². The number of nitrogen functional groups attached to an aromatic ring is 1. The highest BCUT2D eigenvalue weighted by Gasteiger charge is 2.05. The van der Waals surface area contributed by atoms with Gasteiger partial charge in [0.1, 0.15) is 5.69 Å². The van der Waals surface area contributed by atoms with Gasteiger partial charge in [-0.05, 0) is 12.1 Å². The van der Waals surface area contributed by atoms with Crippen LogP contribution in [0.2, 0.25) is 0 Å². The Balaban J connectivity index is 2.88. The highest BCUT2D eigenvalue weighted by molar-refractivity contribution is 9.10. The monoisotopic (exact) mass is 240 g/mol. The topological polar surface area (TPSA) is 73.3 Å². The van der Waals surface area contributed by atoms with Crippen molar-refractivity contribution in [2.45, 2.75) is 0 Å². The zero-order valence-electron chi connectivity index (χ0n) is 6.44. The Morgan fingerprint density at radius 2 is 2.31 bits per heavy atom. The number of pyridine rings is 1. The van der Waals surface area contributed by atoms with E-state index in [1.165, 1.54) is 4.52 Å². The van der Waals surface area contributed by atoms with Gasteiger partial charge >= 0.3 is 0 Å². The van der Waals surface area contributed by atoms with Gasteiger partial charge in [0.2, 0.25) is 5.95 Å². The van der Waals surface area contributed by atoms with Crippen molar-refractivity contribution in [3.8, 4) is 0 Å². The third-order valence-corrected chi connectivity index (χ3v) is 2.02. The van der Waals surface area contributed by atoms with Gasteiger partial charge in [-0.3, -0.25) is 4.79 Å². The van der Waals surface area contributed by atoms with Gasteiger partial charge in [-0.1, -0.05) is 15.9 Å². The van der Waals surface area contributed by atoms with Gasteiger partial charge in [-0.2, -0.15) is 4.98 Å². The van der Waals surface area contributed by atoms with Crippen LogP contribution in [-0.4, -0.2) is 20.9 Å². The first-order valence-corrected chi connectivity index (χ1v) is 4.27. The van der Waals surface area contributed by atoms with Crippen molar-refractivity contribution in [3.05, 3.63) is 22.3 Å². The molecule has 2 heterocycles. The zero-order chi connectivity index (χ0) is 9.42. The molecule has 5 nitrogen and oxygen atoms in total. The minimum absolute atomic E-state index is 0.154. The molecule has 66 valence electrons. The van der Waals surface area contributed by atoms with Crippen molar-refractivity contribution in [2.24, 2.45) is 0 Å². The van der Waals surface area contributed by atoms with Crippen molar-refractivity contribution in [2.75, 3.05) is 5.73 Å². The molecule has 6 heteroatoms. The molecule has 0 amide bonds. The minimum Gasteiger partial charge on any atom is -0.366 e. The second-order valence-corrected chi connectivity index (χ2v) is 3.37. The van der Waals surface area contributed by atoms with Crippen LogP contribution in [0.25, 0.3) is 5.65 Å². The molecule has 2 aromatic rings. The molecule has 0 aliphatic carbocycles. The predicted molar refractivity (Wildman–Crippen MR) is 50.5 cm³/mol. The normalized spacial score (nSPS) is 10.5. The summed E-state index contributed by atoms with van der Waals surface area (Å²) in [6, 6.07) is 3.38. The zero-order valence-corrected chi connectivity index (χ0v) is 8.02. The number of halogens is 1. The molecule has 2 rings (SSSR count). The molecular formula is C7H5BrN4O. The lowest BCUT2D eigenvalue weighted by Gasteiger charge is -1.96. The average Bonchev–Trinajstić information content (AvgIpc) is 2.43. The number of fused-ring (bicyclic) bond motifs is 1. The third-order valence-electron chi connectivity index (χ3n) is 1.57. The van der Waals surface area contributed by atoms with Crippen molar-refractivity contribution in [3.63, 3.8) is 0 Å². The standard InChI is InChI=1S/C7H5BrN4O/c8-4-1-5(3-13)12-6(2-4)10-7(9)11-12/h1-3H,(H2,9,11). The summed E-state index contributed by atoms with van der Waals surface area (Å²) in [5, 5.41) is 3.86. The van der Waals surface area contributed by atoms with Crippen LogP contribution in [-0.2, 0) is 0 Å². The minimum atomic E-state index is 0.154. The molecule has 0 aromatic carbocycles. The maximum atomic E-state index is 10.6. The number of rotatable bonds is 1. The highest BCUT2D eigenvalue weighted by Crippen LogP contribution is 2.14. The van der Waals surface area contributed by atoms with Gasteiger partial charge in [-0.25, -0.2) is 4.52 Å². The number of anilines is 1. The lowest BCUT2D eigenvalue weighted by molar-refractivity contribution is 0.111. The molecule has 0 atom stereocenters. The number of nitrogens with two attached hydrogens (primary N) is 1. The summed E-state index contributed by atoms with van der Waals surface area (Å²) in [6.45, 7) is 0. The molecule has 0 radical (unpaired) electrons. The molecule has 0 fully saturated rings. The summed E-state index contributed by atoms with van der Waals surface area (Å²) >= 11 is 3.25. The molecule has 2 N–H and O–H groups in total. The predicted octanol–water partition coefficient (Wildman–Crippen LogP) is 0.887. The molecular weight excluding hydrogens is 236 g/mol. The van der Waals surface area contributed by atoms with E-state index in [2.05, 4.69) is 26.0 Å². The molecule has 0 bridgehead atoms. The van der Waals surface area contributed by atoms with E-state index >= 15 is 0 Å². The van der Waals surface area contributed by atoms with Gasteiger partial charge in [-0.15, -0.1) is 5.10 Å². The largest absolute Gasteiger partial charge is 0.366 e. The third kappa shape index (κ3) is 1.29. The van der Waals surface area contributed by atoms with Crippen LogP contribution >= 0.6 is 15.9 Å². The van der Waals surface area contributed by atoms with Crippen LogP contribution in [0.1, 0.15) is 10.5 Å². The Kier molecular flexibility index (Phi) is 1.77. The van der Waals surface area contributed by atoms with E-state index in [1.54, 1.807) is 12.1 Å². The fourth-order valence-electron chi connectivity index (χ4n) is 1.08. The lowest BCUT2D eigenvalue weighted by atomic mass is 10.4. The maximum Gasteiger partial charge on any atom is 0.240 e. The quantitative estimate of drug-likeness (QED) is 0.752. The summed E-state index contributed by atoms with van der Waals surface area (Å²) in [6.07, 6.45) is 0.700. The Labute approximate surface area is 81.7 Å². The average molecular weight is 241 g/mol. The first-order valence-electron chi connectivity index (χ1n) is 3.47. The Morgan fingerprint density at radius 1 is 1.54 bits per heavy atom. The first kappa shape index (κ1) is 8.18. The summed E-state index contributed by atoms with van der Waals surface area (Å²) in [4.78, 5) is 14.6. The highest BCUT2D eigenvalue weighted by atomic mass is 79.9. The van der Waals surface area contributed by atoms with Crippen molar-refractivity contribution in [1.29, 1.82) is 0 Å². The van der Waals surface area contributed by atoms with Crippen LogP contribution in [0.5, 0.6) is 0 Å².